The third-order valence-electron chi connectivity index (χ3n) is 2.37. The van der Waals surface area contributed by atoms with Crippen LogP contribution in [0.25, 0.3) is 0 Å². The first-order chi connectivity index (χ1) is 9.10. The van der Waals surface area contributed by atoms with Crippen LogP contribution < -0.4 is 5.32 Å². The van der Waals surface area contributed by atoms with Crippen LogP contribution in [0, 0.1) is 11.6 Å². The van der Waals surface area contributed by atoms with Crippen LogP contribution in [0.1, 0.15) is 10.4 Å². The zero-order valence-corrected chi connectivity index (χ0v) is 9.98. The van der Waals surface area contributed by atoms with E-state index in [2.05, 4.69) is 15.0 Å². The van der Waals surface area contributed by atoms with Gasteiger partial charge in [0, 0.05) is 5.69 Å². The minimum Gasteiger partial charge on any atom is -0.465 e. The van der Waals surface area contributed by atoms with Gasteiger partial charge in [-0.3, -0.25) is 0 Å². The van der Waals surface area contributed by atoms with Gasteiger partial charge >= 0.3 is 5.97 Å². The van der Waals surface area contributed by atoms with E-state index in [1.165, 1.54) is 31.4 Å². The predicted molar refractivity (Wildman–Crippen MR) is 65.2 cm³/mol. The summed E-state index contributed by atoms with van der Waals surface area (Å²) in [4.78, 5) is 15.3. The Labute approximate surface area is 108 Å². The molecule has 0 spiro atoms. The molecule has 0 aliphatic carbocycles. The molecule has 0 radical (unpaired) electrons. The van der Waals surface area contributed by atoms with Crippen molar-refractivity contribution in [3.8, 4) is 0 Å². The molecule has 6 heteroatoms. The molecule has 19 heavy (non-hydrogen) atoms. The molecule has 1 aromatic heterocycles. The lowest BCUT2D eigenvalue weighted by atomic mass is 10.2. The van der Waals surface area contributed by atoms with Gasteiger partial charge in [0.15, 0.2) is 0 Å². The van der Waals surface area contributed by atoms with Gasteiger partial charge in [0.05, 0.1) is 13.3 Å². The maximum Gasteiger partial charge on any atom is 0.341 e. The van der Waals surface area contributed by atoms with Crippen LogP contribution in [0.2, 0.25) is 0 Å². The van der Waals surface area contributed by atoms with Crippen LogP contribution in [-0.4, -0.2) is 18.1 Å². The Bertz CT molecular complexity index is 600. The van der Waals surface area contributed by atoms with Crippen molar-refractivity contribution in [3.05, 3.63) is 53.7 Å². The van der Waals surface area contributed by atoms with Gasteiger partial charge in [0.1, 0.15) is 23.0 Å². The number of anilines is 2. The van der Waals surface area contributed by atoms with Gasteiger partial charge in [-0.25, -0.2) is 18.6 Å². The van der Waals surface area contributed by atoms with E-state index >= 15 is 0 Å². The highest BCUT2D eigenvalue weighted by molar-refractivity contribution is 5.95. The van der Waals surface area contributed by atoms with Gasteiger partial charge < -0.3 is 10.1 Å². The van der Waals surface area contributed by atoms with Gasteiger partial charge in [0.2, 0.25) is 0 Å². The van der Waals surface area contributed by atoms with Gasteiger partial charge in [-0.1, -0.05) is 0 Å². The lowest BCUT2D eigenvalue weighted by molar-refractivity contribution is 0.0601. The zero-order chi connectivity index (χ0) is 13.8. The fraction of sp³-hybridized carbons (Fsp3) is 0.0769. The molecule has 0 fully saturated rings. The fourth-order valence-electron chi connectivity index (χ4n) is 1.47. The Morgan fingerprint density at radius 2 is 1.89 bits per heavy atom. The van der Waals surface area contributed by atoms with Gasteiger partial charge in [-0.05, 0) is 30.3 Å². The second-order valence-electron chi connectivity index (χ2n) is 3.67. The quantitative estimate of drug-likeness (QED) is 0.866. The molecule has 0 unspecified atom stereocenters. The van der Waals surface area contributed by atoms with E-state index in [1.54, 1.807) is 0 Å². The van der Waals surface area contributed by atoms with Crippen molar-refractivity contribution < 1.29 is 18.3 Å². The highest BCUT2D eigenvalue weighted by Gasteiger charge is 2.14. The van der Waals surface area contributed by atoms with E-state index in [-0.39, 0.29) is 17.2 Å². The lowest BCUT2D eigenvalue weighted by Gasteiger charge is -2.09. The van der Waals surface area contributed by atoms with E-state index in [9.17, 15) is 13.6 Å². The number of benzene rings is 1. The first kappa shape index (κ1) is 12.9. The minimum absolute atomic E-state index is 0.0353. The predicted octanol–water partition coefficient (Wildman–Crippen LogP) is 2.89. The molecular weight excluding hydrogens is 254 g/mol. The van der Waals surface area contributed by atoms with Crippen LogP contribution in [0.5, 0.6) is 0 Å². The van der Waals surface area contributed by atoms with E-state index in [0.29, 0.717) is 5.69 Å². The number of carbonyl (C=O) groups is 1. The number of aromatic nitrogens is 1. The Morgan fingerprint density at radius 3 is 2.53 bits per heavy atom. The normalized spacial score (nSPS) is 10.1. The number of methoxy groups -OCH3 is 1. The molecule has 0 atom stereocenters. The summed E-state index contributed by atoms with van der Waals surface area (Å²) in [7, 11) is 1.19. The second kappa shape index (κ2) is 5.43. The number of nitrogens with zero attached hydrogens (tertiary/aromatic N) is 1. The topological polar surface area (TPSA) is 51.2 Å². The molecule has 0 bridgehead atoms. The van der Waals surface area contributed by atoms with Crippen LogP contribution in [0.15, 0.2) is 36.5 Å². The second-order valence-corrected chi connectivity index (χ2v) is 3.67. The van der Waals surface area contributed by atoms with Crippen molar-refractivity contribution in [2.45, 2.75) is 0 Å². The van der Waals surface area contributed by atoms with E-state index in [4.69, 9.17) is 0 Å². The smallest absolute Gasteiger partial charge is 0.341 e. The minimum atomic E-state index is -0.711. The Hall–Kier alpha value is -2.50. The summed E-state index contributed by atoms with van der Waals surface area (Å²) >= 11 is 0. The van der Waals surface area contributed by atoms with Crippen molar-refractivity contribution in [2.24, 2.45) is 0 Å². The summed E-state index contributed by atoms with van der Waals surface area (Å²) in [6.07, 6.45) is 0.971. The lowest BCUT2D eigenvalue weighted by Crippen LogP contribution is -2.08. The molecule has 1 N–H and O–H groups in total. The Balaban J connectivity index is 2.34. The number of rotatable bonds is 3. The molecule has 2 aromatic rings. The molecule has 0 aliphatic heterocycles. The number of carbonyl (C=O) groups excluding carboxylic acids is 1. The Kier molecular flexibility index (Phi) is 3.70. The van der Waals surface area contributed by atoms with E-state index in [1.807, 2.05) is 0 Å². The largest absolute Gasteiger partial charge is 0.465 e. The van der Waals surface area contributed by atoms with Gasteiger partial charge in [0.25, 0.3) is 0 Å². The van der Waals surface area contributed by atoms with Crippen LogP contribution in [0.3, 0.4) is 0 Å². The van der Waals surface area contributed by atoms with Crippen molar-refractivity contribution in [1.29, 1.82) is 0 Å². The third kappa shape index (κ3) is 3.04. The first-order valence-electron chi connectivity index (χ1n) is 5.36. The van der Waals surface area contributed by atoms with Crippen LogP contribution in [0.4, 0.5) is 20.3 Å². The molecule has 4 nitrogen and oxygen atoms in total. The average molecular weight is 264 g/mol. The number of halogens is 2. The summed E-state index contributed by atoms with van der Waals surface area (Å²) in [5.41, 5.74) is 0.484. The molecule has 0 amide bonds. The van der Waals surface area contributed by atoms with Crippen molar-refractivity contribution in [2.75, 3.05) is 12.4 Å². The van der Waals surface area contributed by atoms with Crippen molar-refractivity contribution in [1.82, 2.24) is 4.98 Å². The standard InChI is InChI=1S/C13H10F2N2O2/c1-19-13(18)11-6-9(15)7-16-12(11)17-10-4-2-8(14)3-5-10/h2-7H,1H3,(H,16,17). The summed E-state index contributed by atoms with van der Waals surface area (Å²) in [6.45, 7) is 0. The molecule has 1 aromatic carbocycles. The fourth-order valence-corrected chi connectivity index (χ4v) is 1.47. The van der Waals surface area contributed by atoms with Gasteiger partial charge in [-0.15, -0.1) is 0 Å². The maximum absolute atomic E-state index is 13.1. The molecule has 2 rings (SSSR count). The first-order valence-corrected chi connectivity index (χ1v) is 5.36. The number of esters is 1. The number of ether oxygens (including phenoxy) is 1. The van der Waals surface area contributed by atoms with Gasteiger partial charge in [-0.2, -0.15) is 0 Å². The summed E-state index contributed by atoms with van der Waals surface area (Å²) in [6, 6.07) is 6.47. The third-order valence-corrected chi connectivity index (χ3v) is 2.37. The molecule has 0 saturated carbocycles. The van der Waals surface area contributed by atoms with Crippen molar-refractivity contribution in [3.63, 3.8) is 0 Å². The summed E-state index contributed by atoms with van der Waals surface area (Å²) in [5, 5.41) is 2.80. The van der Waals surface area contributed by atoms with Crippen LogP contribution >= 0.6 is 0 Å². The summed E-state index contributed by atoms with van der Waals surface area (Å²) < 4.78 is 30.4. The monoisotopic (exact) mass is 264 g/mol. The molecule has 0 aliphatic rings. The Morgan fingerprint density at radius 1 is 1.21 bits per heavy atom. The number of hydrogen-bond acceptors (Lipinski definition) is 4. The SMILES string of the molecule is COC(=O)c1cc(F)cnc1Nc1ccc(F)cc1. The zero-order valence-electron chi connectivity index (χ0n) is 9.98. The highest BCUT2D eigenvalue weighted by atomic mass is 19.1. The molecular formula is C13H10F2N2O2. The number of nitrogens with one attached hydrogen (secondary N) is 1. The molecule has 0 saturated heterocycles. The highest BCUT2D eigenvalue weighted by Crippen LogP contribution is 2.20. The number of pyridine rings is 1. The van der Waals surface area contributed by atoms with Crippen molar-refractivity contribution >= 4 is 17.5 Å². The maximum atomic E-state index is 13.1. The average Bonchev–Trinajstić information content (AvgIpc) is 2.42. The van der Waals surface area contributed by atoms with Crippen LogP contribution in [-0.2, 0) is 4.74 Å². The van der Waals surface area contributed by atoms with E-state index < -0.39 is 11.8 Å². The number of hydrogen-bond donors (Lipinski definition) is 1. The molecule has 98 valence electrons. The molecule has 1 heterocycles. The summed E-state index contributed by atoms with van der Waals surface area (Å²) in [5.74, 6) is -1.60. The van der Waals surface area contributed by atoms with E-state index in [0.717, 1.165) is 12.3 Å².